The maximum absolute atomic E-state index is 13.3. The van der Waals surface area contributed by atoms with Gasteiger partial charge in [0, 0.05) is 19.0 Å². The van der Waals surface area contributed by atoms with Gasteiger partial charge in [-0.2, -0.15) is 0 Å². The van der Waals surface area contributed by atoms with Crippen molar-refractivity contribution in [2.24, 2.45) is 11.1 Å². The van der Waals surface area contributed by atoms with Crippen molar-refractivity contribution < 1.29 is 4.39 Å². The zero-order valence-electron chi connectivity index (χ0n) is 12.6. The highest BCUT2D eigenvalue weighted by molar-refractivity contribution is 5.76. The minimum Gasteiger partial charge on any atom is -0.330 e. The molecule has 0 amide bonds. The Kier molecular flexibility index (Phi) is 4.43. The first-order chi connectivity index (χ1) is 9.46. The molecule has 3 nitrogen and oxygen atoms in total. The highest BCUT2D eigenvalue weighted by atomic mass is 19.1. The Labute approximate surface area is 120 Å². The normalized spacial score (nSPS) is 12.2. The lowest BCUT2D eigenvalue weighted by molar-refractivity contribution is 0.309. The molecule has 2 N–H and O–H groups in total. The maximum Gasteiger partial charge on any atom is 0.125 e. The van der Waals surface area contributed by atoms with Gasteiger partial charge in [-0.3, -0.25) is 0 Å². The summed E-state index contributed by atoms with van der Waals surface area (Å²) >= 11 is 0. The predicted octanol–water partition coefficient (Wildman–Crippen LogP) is 3.50. The molecule has 1 heterocycles. The van der Waals surface area contributed by atoms with Crippen molar-refractivity contribution in [2.75, 3.05) is 6.54 Å². The molecule has 0 aliphatic heterocycles. The lowest BCUT2D eigenvalue weighted by Crippen LogP contribution is -2.18. The summed E-state index contributed by atoms with van der Waals surface area (Å²) < 4.78 is 15.5. The second kappa shape index (κ2) is 5.92. The van der Waals surface area contributed by atoms with Gasteiger partial charge in [-0.25, -0.2) is 9.37 Å². The first-order valence-electron chi connectivity index (χ1n) is 7.31. The number of halogens is 1. The van der Waals surface area contributed by atoms with Crippen LogP contribution in [0.15, 0.2) is 18.2 Å². The number of rotatable bonds is 6. The molecule has 0 atom stereocenters. The molecule has 0 fully saturated rings. The lowest BCUT2D eigenvalue weighted by atomic mass is 9.84. The van der Waals surface area contributed by atoms with Crippen LogP contribution in [0.1, 0.15) is 39.4 Å². The van der Waals surface area contributed by atoms with Crippen molar-refractivity contribution in [3.8, 4) is 0 Å². The second-order valence-electron chi connectivity index (χ2n) is 6.11. The number of nitrogens with two attached hydrogens (primary N) is 1. The van der Waals surface area contributed by atoms with E-state index >= 15 is 0 Å². The van der Waals surface area contributed by atoms with Crippen LogP contribution in [0.3, 0.4) is 0 Å². The third-order valence-corrected chi connectivity index (χ3v) is 3.95. The zero-order chi connectivity index (χ0) is 14.8. The van der Waals surface area contributed by atoms with Gasteiger partial charge in [-0.15, -0.1) is 0 Å². The van der Waals surface area contributed by atoms with Crippen LogP contribution in [0.25, 0.3) is 11.0 Å². The molecule has 0 saturated carbocycles. The molecule has 0 aliphatic rings. The van der Waals surface area contributed by atoms with E-state index in [1.807, 2.05) is 6.07 Å². The van der Waals surface area contributed by atoms with E-state index in [0.29, 0.717) is 6.54 Å². The largest absolute Gasteiger partial charge is 0.330 e. The van der Waals surface area contributed by atoms with Crippen LogP contribution < -0.4 is 5.73 Å². The predicted molar refractivity (Wildman–Crippen MR) is 81.1 cm³/mol. The summed E-state index contributed by atoms with van der Waals surface area (Å²) in [5.74, 6) is 0.812. The molecule has 0 spiro atoms. The summed E-state index contributed by atoms with van der Waals surface area (Å²) in [6, 6.07) is 4.82. The molecule has 0 bridgehead atoms. The fraction of sp³-hybridized carbons (Fsp3) is 0.562. The van der Waals surface area contributed by atoms with Gasteiger partial charge in [0.1, 0.15) is 11.6 Å². The van der Waals surface area contributed by atoms with E-state index in [4.69, 9.17) is 5.73 Å². The molecule has 0 aliphatic carbocycles. The van der Waals surface area contributed by atoms with Gasteiger partial charge >= 0.3 is 0 Å². The smallest absolute Gasteiger partial charge is 0.125 e. The molecule has 20 heavy (non-hydrogen) atoms. The zero-order valence-corrected chi connectivity index (χ0v) is 12.6. The van der Waals surface area contributed by atoms with E-state index in [9.17, 15) is 4.39 Å². The SMILES string of the molecule is CCn1c(CCC(C)(C)CCN)nc2cc(F)ccc21. The Morgan fingerprint density at radius 2 is 2.05 bits per heavy atom. The average molecular weight is 277 g/mol. The van der Waals surface area contributed by atoms with E-state index in [0.717, 1.165) is 42.7 Å². The van der Waals surface area contributed by atoms with Crippen LogP contribution in [0.2, 0.25) is 0 Å². The quantitative estimate of drug-likeness (QED) is 0.878. The summed E-state index contributed by atoms with van der Waals surface area (Å²) in [6.45, 7) is 8.13. The third kappa shape index (κ3) is 3.18. The molecule has 0 unspecified atom stereocenters. The van der Waals surface area contributed by atoms with Gasteiger partial charge in [-0.1, -0.05) is 13.8 Å². The molecule has 4 heteroatoms. The van der Waals surface area contributed by atoms with Crippen LogP contribution in [0.4, 0.5) is 4.39 Å². The van der Waals surface area contributed by atoms with Crippen LogP contribution in [-0.4, -0.2) is 16.1 Å². The van der Waals surface area contributed by atoms with Crippen molar-refractivity contribution in [3.63, 3.8) is 0 Å². The summed E-state index contributed by atoms with van der Waals surface area (Å²) in [5.41, 5.74) is 7.64. The molecule has 2 aromatic rings. The van der Waals surface area contributed by atoms with Crippen molar-refractivity contribution >= 4 is 11.0 Å². The Morgan fingerprint density at radius 3 is 2.70 bits per heavy atom. The minimum atomic E-state index is -0.228. The Bertz CT molecular complexity index is 587. The highest BCUT2D eigenvalue weighted by Crippen LogP contribution is 2.27. The Balaban J connectivity index is 2.25. The number of aromatic nitrogens is 2. The first kappa shape index (κ1) is 15.0. The molecular weight excluding hydrogens is 253 g/mol. The van der Waals surface area contributed by atoms with Crippen LogP contribution >= 0.6 is 0 Å². The number of hydrogen-bond donors (Lipinski definition) is 1. The van der Waals surface area contributed by atoms with Gasteiger partial charge in [0.15, 0.2) is 0 Å². The summed E-state index contributed by atoms with van der Waals surface area (Å²) in [6.07, 6.45) is 2.95. The first-order valence-corrected chi connectivity index (χ1v) is 7.31. The topological polar surface area (TPSA) is 43.8 Å². The van der Waals surface area contributed by atoms with E-state index in [1.165, 1.54) is 12.1 Å². The molecule has 0 radical (unpaired) electrons. The Morgan fingerprint density at radius 1 is 1.30 bits per heavy atom. The molecule has 0 saturated heterocycles. The molecular formula is C16H24FN3. The van der Waals surface area contributed by atoms with Gasteiger partial charge < -0.3 is 10.3 Å². The van der Waals surface area contributed by atoms with E-state index in [2.05, 4.69) is 30.3 Å². The van der Waals surface area contributed by atoms with Gasteiger partial charge in [0.2, 0.25) is 0 Å². The molecule has 110 valence electrons. The van der Waals surface area contributed by atoms with E-state index in [1.54, 1.807) is 0 Å². The average Bonchev–Trinajstić information content (AvgIpc) is 2.73. The fourth-order valence-corrected chi connectivity index (χ4v) is 2.66. The standard InChI is InChI=1S/C16H24FN3/c1-4-20-14-6-5-12(17)11-13(14)19-15(20)7-8-16(2,3)9-10-18/h5-6,11H,4,7-10,18H2,1-3H3. The van der Waals surface area contributed by atoms with Crippen molar-refractivity contribution in [1.82, 2.24) is 9.55 Å². The van der Waals surface area contributed by atoms with Crippen LogP contribution in [0.5, 0.6) is 0 Å². The third-order valence-electron chi connectivity index (χ3n) is 3.95. The summed E-state index contributed by atoms with van der Waals surface area (Å²) in [4.78, 5) is 4.60. The van der Waals surface area contributed by atoms with Crippen LogP contribution in [0, 0.1) is 11.2 Å². The monoisotopic (exact) mass is 277 g/mol. The second-order valence-corrected chi connectivity index (χ2v) is 6.11. The molecule has 2 rings (SSSR count). The molecule has 1 aromatic heterocycles. The van der Waals surface area contributed by atoms with E-state index in [-0.39, 0.29) is 11.2 Å². The van der Waals surface area contributed by atoms with Gasteiger partial charge in [0.05, 0.1) is 11.0 Å². The maximum atomic E-state index is 13.3. The number of aryl methyl sites for hydroxylation is 2. The van der Waals surface area contributed by atoms with Gasteiger partial charge in [-0.05, 0) is 43.9 Å². The number of benzene rings is 1. The number of fused-ring (bicyclic) bond motifs is 1. The van der Waals surface area contributed by atoms with Crippen LogP contribution in [-0.2, 0) is 13.0 Å². The van der Waals surface area contributed by atoms with Gasteiger partial charge in [0.25, 0.3) is 0 Å². The Hall–Kier alpha value is -1.42. The van der Waals surface area contributed by atoms with Crippen molar-refractivity contribution in [3.05, 3.63) is 29.8 Å². The van der Waals surface area contributed by atoms with Crippen molar-refractivity contribution in [2.45, 2.75) is 46.6 Å². The minimum absolute atomic E-state index is 0.219. The summed E-state index contributed by atoms with van der Waals surface area (Å²) in [5, 5.41) is 0. The highest BCUT2D eigenvalue weighted by Gasteiger charge is 2.19. The van der Waals surface area contributed by atoms with E-state index < -0.39 is 0 Å². The number of hydrogen-bond acceptors (Lipinski definition) is 2. The number of imidazole rings is 1. The summed E-state index contributed by atoms with van der Waals surface area (Å²) in [7, 11) is 0. The molecule has 1 aromatic carbocycles. The fourth-order valence-electron chi connectivity index (χ4n) is 2.66. The number of nitrogens with zero attached hydrogens (tertiary/aromatic N) is 2. The van der Waals surface area contributed by atoms with Crippen molar-refractivity contribution in [1.29, 1.82) is 0 Å². The lowest BCUT2D eigenvalue weighted by Gasteiger charge is -2.23.